The van der Waals surface area contributed by atoms with E-state index < -0.39 is 0 Å². The summed E-state index contributed by atoms with van der Waals surface area (Å²) in [5.41, 5.74) is 0.851. The Morgan fingerprint density at radius 2 is 2.39 bits per heavy atom. The Labute approximate surface area is 116 Å². The average Bonchev–Trinajstić information content (AvgIpc) is 2.73. The van der Waals surface area contributed by atoms with Gasteiger partial charge in [0.05, 0.1) is 19.3 Å². The summed E-state index contributed by atoms with van der Waals surface area (Å²) in [5, 5.41) is 12.7. The summed E-state index contributed by atoms with van der Waals surface area (Å²) in [6.07, 6.45) is 2.19. The highest BCUT2D eigenvalue weighted by Crippen LogP contribution is 2.16. The van der Waals surface area contributed by atoms with Gasteiger partial charge in [-0.15, -0.1) is 22.6 Å². The van der Waals surface area contributed by atoms with Crippen molar-refractivity contribution in [2.75, 3.05) is 19.7 Å². The molecule has 0 saturated carbocycles. The molecule has 0 spiro atoms. The van der Waals surface area contributed by atoms with Gasteiger partial charge < -0.3 is 14.6 Å². The summed E-state index contributed by atoms with van der Waals surface area (Å²) < 4.78 is 7.72. The van der Waals surface area contributed by atoms with Crippen LogP contribution in [0.1, 0.15) is 0 Å². The highest BCUT2D eigenvalue weighted by molar-refractivity contribution is 6.29. The first-order valence-corrected chi connectivity index (χ1v) is 6.01. The Morgan fingerprint density at radius 3 is 3.17 bits per heavy atom. The van der Waals surface area contributed by atoms with Gasteiger partial charge in [-0.25, -0.2) is 0 Å². The van der Waals surface area contributed by atoms with Crippen molar-refractivity contribution >= 4 is 35.0 Å². The number of hydrogen-bond donors (Lipinski definition) is 1. The number of halogens is 2. The number of ether oxygens (including phenoxy) is 1. The topological polar surface area (TPSA) is 52.0 Å². The van der Waals surface area contributed by atoms with Gasteiger partial charge >= 0.3 is 0 Å². The van der Waals surface area contributed by atoms with E-state index in [1.807, 2.05) is 18.3 Å². The molecular weight excluding hydrogens is 275 g/mol. The van der Waals surface area contributed by atoms with Crippen molar-refractivity contribution < 1.29 is 4.74 Å². The third kappa shape index (κ3) is 2.75. The first kappa shape index (κ1) is 13.5. The molecule has 1 atom stereocenters. The highest BCUT2D eigenvalue weighted by Gasteiger charge is 2.15. The first-order valence-electron chi connectivity index (χ1n) is 5.63. The SMILES string of the molecule is Cl.Clc1cc2ccn(CC3CNCCO3)c2nn1. The molecule has 5 nitrogen and oxygen atoms in total. The predicted molar refractivity (Wildman–Crippen MR) is 72.4 cm³/mol. The van der Waals surface area contributed by atoms with E-state index in [4.69, 9.17) is 16.3 Å². The molecular formula is C11H14Cl2N4O. The molecule has 1 unspecified atom stereocenters. The number of rotatable bonds is 2. The molecule has 7 heteroatoms. The first-order chi connectivity index (χ1) is 8.33. The summed E-state index contributed by atoms with van der Waals surface area (Å²) in [6, 6.07) is 3.81. The van der Waals surface area contributed by atoms with Crippen LogP contribution in [0.4, 0.5) is 0 Å². The van der Waals surface area contributed by atoms with Gasteiger partial charge in [-0.05, 0) is 12.1 Å². The van der Waals surface area contributed by atoms with E-state index in [0.717, 1.165) is 37.3 Å². The fourth-order valence-corrected chi connectivity index (χ4v) is 2.22. The summed E-state index contributed by atoms with van der Waals surface area (Å²) in [6.45, 7) is 3.35. The molecule has 2 aromatic rings. The van der Waals surface area contributed by atoms with Crippen molar-refractivity contribution in [3.8, 4) is 0 Å². The van der Waals surface area contributed by atoms with Crippen molar-refractivity contribution in [3.05, 3.63) is 23.5 Å². The molecule has 1 aliphatic heterocycles. The van der Waals surface area contributed by atoms with Gasteiger partial charge in [0.2, 0.25) is 0 Å². The van der Waals surface area contributed by atoms with Crippen LogP contribution in [0.25, 0.3) is 11.0 Å². The molecule has 0 aromatic carbocycles. The van der Waals surface area contributed by atoms with Gasteiger partial charge in [-0.2, -0.15) is 0 Å². The number of nitrogens with zero attached hydrogens (tertiary/aromatic N) is 3. The van der Waals surface area contributed by atoms with E-state index in [0.29, 0.717) is 5.15 Å². The Hall–Kier alpha value is -0.880. The van der Waals surface area contributed by atoms with E-state index in [-0.39, 0.29) is 18.5 Å². The highest BCUT2D eigenvalue weighted by atomic mass is 35.5. The second kappa shape index (κ2) is 5.84. The molecule has 3 rings (SSSR count). The minimum Gasteiger partial charge on any atom is -0.374 e. The number of aromatic nitrogens is 3. The maximum atomic E-state index is 5.80. The van der Waals surface area contributed by atoms with Gasteiger partial charge in [0.15, 0.2) is 10.8 Å². The molecule has 0 radical (unpaired) electrons. The summed E-state index contributed by atoms with van der Waals surface area (Å²) in [7, 11) is 0. The van der Waals surface area contributed by atoms with Crippen LogP contribution in [0.5, 0.6) is 0 Å². The smallest absolute Gasteiger partial charge is 0.162 e. The molecule has 2 aromatic heterocycles. The third-order valence-corrected chi connectivity index (χ3v) is 3.07. The maximum Gasteiger partial charge on any atom is 0.162 e. The Morgan fingerprint density at radius 1 is 1.50 bits per heavy atom. The quantitative estimate of drug-likeness (QED) is 0.910. The number of hydrogen-bond acceptors (Lipinski definition) is 4. The maximum absolute atomic E-state index is 5.80. The lowest BCUT2D eigenvalue weighted by atomic mass is 10.3. The van der Waals surface area contributed by atoms with Gasteiger partial charge in [-0.3, -0.25) is 0 Å². The molecule has 1 saturated heterocycles. The zero-order valence-corrected chi connectivity index (χ0v) is 11.2. The van der Waals surface area contributed by atoms with Gasteiger partial charge in [0.1, 0.15) is 0 Å². The Bertz CT molecular complexity index is 525. The second-order valence-corrected chi connectivity index (χ2v) is 4.50. The van der Waals surface area contributed by atoms with E-state index in [1.165, 1.54) is 0 Å². The van der Waals surface area contributed by atoms with Crippen molar-refractivity contribution in [2.24, 2.45) is 0 Å². The van der Waals surface area contributed by atoms with Crippen molar-refractivity contribution in [3.63, 3.8) is 0 Å². The minimum atomic E-state index is 0. The number of nitrogens with one attached hydrogen (secondary N) is 1. The molecule has 1 N–H and O–H groups in total. The van der Waals surface area contributed by atoms with Crippen LogP contribution in [0.15, 0.2) is 18.3 Å². The summed E-state index contributed by atoms with van der Waals surface area (Å²) >= 11 is 5.80. The monoisotopic (exact) mass is 288 g/mol. The fourth-order valence-electron chi connectivity index (χ4n) is 2.07. The zero-order valence-electron chi connectivity index (χ0n) is 9.67. The van der Waals surface area contributed by atoms with Crippen LogP contribution in [-0.2, 0) is 11.3 Å². The van der Waals surface area contributed by atoms with Gasteiger partial charge in [0, 0.05) is 24.7 Å². The molecule has 0 aliphatic carbocycles. The van der Waals surface area contributed by atoms with Crippen molar-refractivity contribution in [2.45, 2.75) is 12.6 Å². The number of fused-ring (bicyclic) bond motifs is 1. The summed E-state index contributed by atoms with van der Waals surface area (Å²) in [4.78, 5) is 0. The van der Waals surface area contributed by atoms with Crippen LogP contribution in [0.2, 0.25) is 5.15 Å². The van der Waals surface area contributed by atoms with Crippen LogP contribution in [0.3, 0.4) is 0 Å². The molecule has 3 heterocycles. The summed E-state index contributed by atoms with van der Waals surface area (Å²) in [5.74, 6) is 0. The predicted octanol–water partition coefficient (Wildman–Crippen LogP) is 1.49. The van der Waals surface area contributed by atoms with E-state index >= 15 is 0 Å². The van der Waals surface area contributed by atoms with Crippen LogP contribution >= 0.6 is 24.0 Å². The van der Waals surface area contributed by atoms with Crippen LogP contribution in [-0.4, -0.2) is 40.6 Å². The Kier molecular flexibility index (Phi) is 4.40. The molecule has 0 bridgehead atoms. The van der Waals surface area contributed by atoms with Crippen molar-refractivity contribution in [1.29, 1.82) is 0 Å². The lowest BCUT2D eigenvalue weighted by molar-refractivity contribution is 0.0188. The molecule has 0 amide bonds. The van der Waals surface area contributed by atoms with Crippen molar-refractivity contribution in [1.82, 2.24) is 20.1 Å². The molecule has 1 aliphatic rings. The normalized spacial score (nSPS) is 19.7. The fraction of sp³-hybridized carbons (Fsp3) is 0.455. The number of morpholine rings is 1. The van der Waals surface area contributed by atoms with E-state index in [2.05, 4.69) is 20.1 Å². The molecule has 1 fully saturated rings. The molecule has 18 heavy (non-hydrogen) atoms. The van der Waals surface area contributed by atoms with E-state index in [1.54, 1.807) is 0 Å². The zero-order chi connectivity index (χ0) is 11.7. The van der Waals surface area contributed by atoms with Crippen LogP contribution in [0, 0.1) is 0 Å². The van der Waals surface area contributed by atoms with Crippen LogP contribution < -0.4 is 5.32 Å². The van der Waals surface area contributed by atoms with Gasteiger partial charge in [-0.1, -0.05) is 11.6 Å². The molecule has 98 valence electrons. The van der Waals surface area contributed by atoms with Gasteiger partial charge in [0.25, 0.3) is 0 Å². The van der Waals surface area contributed by atoms with E-state index in [9.17, 15) is 0 Å². The standard InChI is InChI=1S/C11H13ClN4O.ClH/c12-10-5-8-1-3-16(11(8)15-14-10)7-9-6-13-2-4-17-9;/h1,3,5,9,13H,2,4,6-7H2;1H. The largest absolute Gasteiger partial charge is 0.374 e. The average molecular weight is 289 g/mol. The Balaban J connectivity index is 0.00000120. The lowest BCUT2D eigenvalue weighted by Crippen LogP contribution is -2.40. The minimum absolute atomic E-state index is 0. The lowest BCUT2D eigenvalue weighted by Gasteiger charge is -2.24. The third-order valence-electron chi connectivity index (χ3n) is 2.88. The second-order valence-electron chi connectivity index (χ2n) is 4.11.